The lowest BCUT2D eigenvalue weighted by molar-refractivity contribution is -0.162. The molecule has 14 nitrogen and oxygen atoms in total. The molecule has 4 N–H and O–H groups in total. The molecule has 0 aliphatic heterocycles. The second kappa shape index (κ2) is 14.3. The van der Waals surface area contributed by atoms with Crippen LogP contribution in [0.5, 0.6) is 11.5 Å². The summed E-state index contributed by atoms with van der Waals surface area (Å²) in [5.74, 6) is -1.82. The van der Waals surface area contributed by atoms with Crippen LogP contribution in [-0.2, 0) is 38.3 Å². The summed E-state index contributed by atoms with van der Waals surface area (Å²) in [5.41, 5.74) is 3.84. The van der Waals surface area contributed by atoms with E-state index in [1.807, 2.05) is 50.2 Å². The maximum absolute atomic E-state index is 12.3. The molecule has 4 aromatic carbocycles. The van der Waals surface area contributed by atoms with E-state index in [1.54, 1.807) is 24.3 Å². The first-order valence-corrected chi connectivity index (χ1v) is 17.1. The summed E-state index contributed by atoms with van der Waals surface area (Å²) < 4.78 is 10.6. The highest BCUT2D eigenvalue weighted by Crippen LogP contribution is 2.35. The molecule has 14 heteroatoms. The Balaban J connectivity index is 1.42. The number of hydrogen-bond donors (Lipinski definition) is 4. The summed E-state index contributed by atoms with van der Waals surface area (Å²) in [6, 6.07) is 18.1. The van der Waals surface area contributed by atoms with Crippen LogP contribution in [0.4, 0.5) is 0 Å². The predicted molar refractivity (Wildman–Crippen MR) is 195 cm³/mol. The molecule has 2 aromatic heterocycles. The molecule has 0 spiro atoms. The number of aromatic hydroxyl groups is 2. The van der Waals surface area contributed by atoms with Crippen LogP contribution in [-0.4, -0.2) is 86.8 Å². The van der Waals surface area contributed by atoms with Gasteiger partial charge in [0.2, 0.25) is 0 Å². The highest BCUT2D eigenvalue weighted by Gasteiger charge is 2.27. The number of nitrogens with zero attached hydrogens (tertiary/aromatic N) is 6. The monoisotopic (exact) mass is 722 g/mol. The number of esters is 2. The van der Waals surface area contributed by atoms with Gasteiger partial charge >= 0.3 is 11.9 Å². The normalized spacial score (nSPS) is 12.1. The number of aliphatic hydroxyl groups is 2. The average molecular weight is 723 g/mol. The van der Waals surface area contributed by atoms with E-state index < -0.39 is 23.1 Å². The molecular formula is C39H42N6O8. The maximum Gasteiger partial charge on any atom is 0.337 e. The SMILES string of the molecule is Cc1ccc2nn(-c3cc(CCOC(=O)C(C)(C)O)cc(Cc4cc(CCOC(=O)C(C)(C)O)cc(-n5nc6ccc(C)cc6n5)c4O)c3O)nc2c1. The van der Waals surface area contributed by atoms with Crippen LogP contribution in [0, 0.1) is 13.8 Å². The zero-order chi connectivity index (χ0) is 38.2. The van der Waals surface area contributed by atoms with E-state index in [-0.39, 0.29) is 55.4 Å². The number of ether oxygens (including phenoxy) is 2. The molecule has 0 fully saturated rings. The van der Waals surface area contributed by atoms with Gasteiger partial charge in [0.05, 0.1) is 13.2 Å². The zero-order valence-corrected chi connectivity index (χ0v) is 30.4. The summed E-state index contributed by atoms with van der Waals surface area (Å²) >= 11 is 0. The van der Waals surface area contributed by atoms with Crippen LogP contribution >= 0.6 is 0 Å². The van der Waals surface area contributed by atoms with Crippen molar-refractivity contribution in [1.29, 1.82) is 0 Å². The highest BCUT2D eigenvalue weighted by atomic mass is 16.6. The van der Waals surface area contributed by atoms with Gasteiger partial charge in [-0.1, -0.05) is 24.3 Å². The topological polar surface area (TPSA) is 195 Å². The molecule has 0 unspecified atom stereocenters. The van der Waals surface area contributed by atoms with Crippen LogP contribution < -0.4 is 0 Å². The van der Waals surface area contributed by atoms with E-state index in [4.69, 9.17) is 9.47 Å². The van der Waals surface area contributed by atoms with Crippen molar-refractivity contribution in [2.45, 2.75) is 72.0 Å². The number of carbonyl (C=O) groups is 2. The molecule has 0 atom stereocenters. The van der Waals surface area contributed by atoms with E-state index >= 15 is 0 Å². The number of hydrogen-bond acceptors (Lipinski definition) is 12. The number of benzene rings is 4. The highest BCUT2D eigenvalue weighted by molar-refractivity contribution is 5.79. The molecule has 0 amide bonds. The number of rotatable bonds is 12. The van der Waals surface area contributed by atoms with Gasteiger partial charge in [0.15, 0.2) is 11.2 Å². The minimum Gasteiger partial charge on any atom is -0.505 e. The molecule has 0 saturated carbocycles. The second-order valence-corrected chi connectivity index (χ2v) is 14.3. The molecule has 0 saturated heterocycles. The lowest BCUT2D eigenvalue weighted by atomic mass is 9.96. The Morgan fingerprint density at radius 2 is 0.981 bits per heavy atom. The Morgan fingerprint density at radius 1 is 0.604 bits per heavy atom. The number of aromatic nitrogens is 6. The Bertz CT molecular complexity index is 2190. The lowest BCUT2D eigenvalue weighted by Gasteiger charge is -2.18. The predicted octanol–water partition coefficient (Wildman–Crippen LogP) is 4.49. The second-order valence-electron chi connectivity index (χ2n) is 14.3. The van der Waals surface area contributed by atoms with Crippen LogP contribution in [0.3, 0.4) is 0 Å². The number of phenols is 2. The van der Waals surface area contributed by atoms with Gasteiger partial charge in [0.1, 0.15) is 44.9 Å². The van der Waals surface area contributed by atoms with Crippen molar-refractivity contribution in [3.8, 4) is 22.9 Å². The van der Waals surface area contributed by atoms with Crippen LogP contribution in [0.2, 0.25) is 0 Å². The zero-order valence-electron chi connectivity index (χ0n) is 30.4. The van der Waals surface area contributed by atoms with Crippen LogP contribution in [0.15, 0.2) is 60.7 Å². The third-order valence-corrected chi connectivity index (χ3v) is 8.59. The van der Waals surface area contributed by atoms with Gasteiger partial charge in [-0.3, -0.25) is 0 Å². The molecule has 6 aromatic rings. The van der Waals surface area contributed by atoms with Crippen molar-refractivity contribution in [2.24, 2.45) is 0 Å². The molecule has 2 heterocycles. The van der Waals surface area contributed by atoms with E-state index in [0.29, 0.717) is 44.3 Å². The van der Waals surface area contributed by atoms with Gasteiger partial charge in [-0.15, -0.1) is 30.0 Å². The summed E-state index contributed by atoms with van der Waals surface area (Å²) in [6.07, 6.45) is 0.482. The minimum atomic E-state index is -1.66. The molecular weight excluding hydrogens is 680 g/mol. The quantitative estimate of drug-likeness (QED) is 0.130. The van der Waals surface area contributed by atoms with Crippen molar-refractivity contribution < 1.29 is 39.5 Å². The molecule has 53 heavy (non-hydrogen) atoms. The van der Waals surface area contributed by atoms with Crippen LogP contribution in [0.1, 0.15) is 61.1 Å². The summed E-state index contributed by atoms with van der Waals surface area (Å²) in [5, 5.41) is 62.0. The summed E-state index contributed by atoms with van der Waals surface area (Å²) in [4.78, 5) is 27.2. The maximum atomic E-state index is 12.3. The average Bonchev–Trinajstić information content (AvgIpc) is 3.70. The molecule has 276 valence electrons. The molecule has 6 rings (SSSR count). The number of carbonyl (C=O) groups excluding carboxylic acids is 2. The number of phenolic OH excluding ortho intramolecular Hbond substituents is 2. The third kappa shape index (κ3) is 8.29. The van der Waals surface area contributed by atoms with Gasteiger partial charge in [-0.2, -0.15) is 0 Å². The van der Waals surface area contributed by atoms with E-state index in [0.717, 1.165) is 11.1 Å². The Labute approximate surface area is 305 Å². The molecule has 0 aliphatic rings. The first kappa shape index (κ1) is 36.9. The van der Waals surface area contributed by atoms with E-state index in [2.05, 4.69) is 20.4 Å². The Morgan fingerprint density at radius 3 is 1.36 bits per heavy atom. The number of aryl methyl sites for hydroxylation is 2. The minimum absolute atomic E-state index is 0.0199. The molecule has 0 bridgehead atoms. The standard InChI is InChI=1S/C39H42N6O8/c1-22-7-9-28-30(15-22)42-44(40-28)32-19-24(11-13-52-36(48)38(3,4)50)17-26(34(32)46)21-27-18-25(12-14-53-37(49)39(5,6)51)20-33(35(27)47)45-41-29-10-8-23(2)16-31(29)43-45/h7-10,15-20,46-47,50-51H,11-14,21H2,1-6H3. The van der Waals surface area contributed by atoms with Gasteiger partial charge in [0.25, 0.3) is 0 Å². The molecule has 0 aliphatic carbocycles. The van der Waals surface area contributed by atoms with E-state index in [9.17, 15) is 30.0 Å². The van der Waals surface area contributed by atoms with Gasteiger partial charge in [-0.25, -0.2) is 9.59 Å². The Hall–Kier alpha value is -5.86. The van der Waals surface area contributed by atoms with Gasteiger partial charge in [-0.05, 0) is 100 Å². The Kier molecular flexibility index (Phi) is 9.95. The lowest BCUT2D eigenvalue weighted by Crippen LogP contribution is -2.33. The van der Waals surface area contributed by atoms with Gasteiger partial charge in [0, 0.05) is 30.4 Å². The van der Waals surface area contributed by atoms with Crippen molar-refractivity contribution in [2.75, 3.05) is 13.2 Å². The fraction of sp³-hybridized carbons (Fsp3) is 0.333. The van der Waals surface area contributed by atoms with Crippen molar-refractivity contribution in [3.63, 3.8) is 0 Å². The van der Waals surface area contributed by atoms with Crippen molar-refractivity contribution in [1.82, 2.24) is 30.0 Å². The number of fused-ring (bicyclic) bond motifs is 2. The fourth-order valence-corrected chi connectivity index (χ4v) is 5.69. The largest absolute Gasteiger partial charge is 0.505 e. The first-order chi connectivity index (χ1) is 25.0. The summed E-state index contributed by atoms with van der Waals surface area (Å²) in [7, 11) is 0. The first-order valence-electron chi connectivity index (χ1n) is 17.1. The van der Waals surface area contributed by atoms with Crippen molar-refractivity contribution in [3.05, 3.63) is 94.0 Å². The summed E-state index contributed by atoms with van der Waals surface area (Å²) in [6.45, 7) is 9.16. The molecule has 0 radical (unpaired) electrons. The van der Waals surface area contributed by atoms with Gasteiger partial charge < -0.3 is 29.9 Å². The van der Waals surface area contributed by atoms with Crippen LogP contribution in [0.25, 0.3) is 33.4 Å². The van der Waals surface area contributed by atoms with Crippen molar-refractivity contribution >= 4 is 34.0 Å². The fourth-order valence-electron chi connectivity index (χ4n) is 5.69. The third-order valence-electron chi connectivity index (χ3n) is 8.59. The smallest absolute Gasteiger partial charge is 0.337 e. The van der Waals surface area contributed by atoms with E-state index in [1.165, 1.54) is 37.3 Å².